The number of aliphatic carboxylic acids is 1. The molecular formula is C22H18BrN3O5. The number of nitrogens with two attached hydrogens (primary N) is 1. The highest BCUT2D eigenvalue weighted by atomic mass is 79.9. The van der Waals surface area contributed by atoms with Gasteiger partial charge in [-0.2, -0.15) is 0 Å². The van der Waals surface area contributed by atoms with Crippen LogP contribution < -0.4 is 20.6 Å². The van der Waals surface area contributed by atoms with Crippen LogP contribution in [-0.2, 0) is 24.7 Å². The monoisotopic (exact) mass is 483 g/mol. The number of hydrogen-bond donors (Lipinski definition) is 2. The van der Waals surface area contributed by atoms with E-state index >= 15 is 0 Å². The Labute approximate surface area is 185 Å². The van der Waals surface area contributed by atoms with Crippen LogP contribution in [0.2, 0.25) is 0 Å². The third-order valence-corrected chi connectivity index (χ3v) is 7.07. The number of para-hydroxylation sites is 1. The molecule has 9 heteroatoms. The quantitative estimate of drug-likeness (QED) is 0.586. The van der Waals surface area contributed by atoms with E-state index in [1.165, 1.54) is 0 Å². The number of imide groups is 1. The van der Waals surface area contributed by atoms with E-state index in [4.69, 9.17) is 0 Å². The Kier molecular flexibility index (Phi) is 4.49. The fourth-order valence-corrected chi connectivity index (χ4v) is 5.58. The lowest BCUT2D eigenvalue weighted by Crippen LogP contribution is -2.99. The normalized spacial score (nSPS) is 28.7. The van der Waals surface area contributed by atoms with Gasteiger partial charge in [0, 0.05) is 22.4 Å². The number of nitrogens with one attached hydrogen (secondary N) is 1. The molecule has 31 heavy (non-hydrogen) atoms. The van der Waals surface area contributed by atoms with Crippen LogP contribution in [-0.4, -0.2) is 29.7 Å². The van der Waals surface area contributed by atoms with E-state index in [-0.39, 0.29) is 18.7 Å². The molecular weight excluding hydrogens is 466 g/mol. The first-order valence-electron chi connectivity index (χ1n) is 9.95. The highest BCUT2D eigenvalue weighted by Gasteiger charge is 2.74. The van der Waals surface area contributed by atoms with Gasteiger partial charge in [0.05, 0.1) is 11.4 Å². The number of fused-ring (bicyclic) bond motifs is 4. The third kappa shape index (κ3) is 2.76. The summed E-state index contributed by atoms with van der Waals surface area (Å²) in [4.78, 5) is 52.6. The number of carboxylic acids is 1. The summed E-state index contributed by atoms with van der Waals surface area (Å²) in [7, 11) is 0. The van der Waals surface area contributed by atoms with Crippen molar-refractivity contribution in [1.29, 1.82) is 0 Å². The number of anilines is 2. The molecule has 2 saturated heterocycles. The average Bonchev–Trinajstić information content (AvgIpc) is 3.32. The molecule has 3 heterocycles. The van der Waals surface area contributed by atoms with Crippen molar-refractivity contribution in [3.05, 3.63) is 58.6 Å². The fourth-order valence-electron chi connectivity index (χ4n) is 5.31. The molecule has 0 unspecified atom stereocenters. The number of quaternary nitrogens is 1. The van der Waals surface area contributed by atoms with Crippen LogP contribution >= 0.6 is 15.9 Å². The van der Waals surface area contributed by atoms with E-state index in [0.29, 0.717) is 16.9 Å². The summed E-state index contributed by atoms with van der Waals surface area (Å²) in [6.07, 6.45) is -0.141. The maximum Gasteiger partial charge on any atom is 0.291 e. The van der Waals surface area contributed by atoms with Crippen molar-refractivity contribution in [2.75, 3.05) is 10.2 Å². The van der Waals surface area contributed by atoms with Gasteiger partial charge in [-0.1, -0.05) is 34.1 Å². The van der Waals surface area contributed by atoms with E-state index in [2.05, 4.69) is 21.2 Å². The molecule has 3 aliphatic rings. The maximum atomic E-state index is 13.6. The number of carbonyl (C=O) groups excluding carboxylic acids is 4. The number of carbonyl (C=O) groups is 4. The Morgan fingerprint density at radius 3 is 2.52 bits per heavy atom. The largest absolute Gasteiger partial charge is 0.550 e. The molecule has 0 radical (unpaired) electrons. The van der Waals surface area contributed by atoms with Crippen molar-refractivity contribution in [3.63, 3.8) is 0 Å². The molecule has 5 rings (SSSR count). The Hall–Kier alpha value is -3.04. The van der Waals surface area contributed by atoms with Crippen LogP contribution in [0.3, 0.4) is 0 Å². The smallest absolute Gasteiger partial charge is 0.291 e. The number of hydrogen-bond acceptors (Lipinski definition) is 5. The zero-order chi connectivity index (χ0) is 21.9. The molecule has 2 fully saturated rings. The lowest BCUT2D eigenvalue weighted by molar-refractivity contribution is -0.733. The molecule has 0 saturated carbocycles. The fraction of sp³-hybridized carbons (Fsp3) is 0.273. The molecule has 158 valence electrons. The van der Waals surface area contributed by atoms with Gasteiger partial charge >= 0.3 is 0 Å². The predicted octanol–water partition coefficient (Wildman–Crippen LogP) is -0.122. The number of rotatable bonds is 4. The predicted molar refractivity (Wildman–Crippen MR) is 110 cm³/mol. The van der Waals surface area contributed by atoms with Gasteiger partial charge in [-0.25, -0.2) is 4.90 Å². The van der Waals surface area contributed by atoms with E-state index in [9.17, 15) is 24.3 Å². The molecule has 3 amide bonds. The number of carboxylic acid groups (broad SMARTS) is 1. The minimum absolute atomic E-state index is 0.119. The standard InChI is InChI=1S/C22H18BrN3O5/c23-11-5-7-12(8-6-11)26-19(29)17-15(9-10-16(27)28)25-22(18(17)20(26)30)13-3-1-2-4-14(13)24-21(22)31/h1-8,15,17-18,25H,9-10H2,(H,24,31)(H,27,28)/t15-,17+,18-,22-/m0/s1. The minimum Gasteiger partial charge on any atom is -0.550 e. The molecule has 4 atom stereocenters. The molecule has 0 aromatic heterocycles. The highest BCUT2D eigenvalue weighted by molar-refractivity contribution is 9.10. The van der Waals surface area contributed by atoms with Gasteiger partial charge in [0.2, 0.25) is 17.4 Å². The SMILES string of the molecule is O=C([O-])CC[C@@H]1[NH2+][C@]2(C(=O)Nc3ccccc32)[C@@H]2C(=O)N(c3ccc(Br)cc3)C(=O)[C@H]12. The van der Waals surface area contributed by atoms with Gasteiger partial charge < -0.3 is 20.5 Å². The Bertz CT molecular complexity index is 1130. The van der Waals surface area contributed by atoms with Crippen molar-refractivity contribution in [2.24, 2.45) is 11.8 Å². The van der Waals surface area contributed by atoms with E-state index in [1.54, 1.807) is 53.8 Å². The lowest BCUT2D eigenvalue weighted by Gasteiger charge is -2.26. The summed E-state index contributed by atoms with van der Waals surface area (Å²) in [5.41, 5.74) is 0.359. The molecule has 8 nitrogen and oxygen atoms in total. The van der Waals surface area contributed by atoms with E-state index in [0.717, 1.165) is 9.37 Å². The Balaban J connectivity index is 1.64. The first-order chi connectivity index (χ1) is 14.8. The molecule has 0 bridgehead atoms. The first-order valence-corrected chi connectivity index (χ1v) is 10.7. The average molecular weight is 484 g/mol. The molecule has 2 aromatic rings. The van der Waals surface area contributed by atoms with E-state index in [1.807, 2.05) is 0 Å². The summed E-state index contributed by atoms with van der Waals surface area (Å²) < 4.78 is 0.802. The second-order valence-corrected chi connectivity index (χ2v) is 9.02. The van der Waals surface area contributed by atoms with Crippen LogP contribution in [0.15, 0.2) is 53.0 Å². The van der Waals surface area contributed by atoms with Crippen molar-refractivity contribution >= 4 is 51.0 Å². The van der Waals surface area contributed by atoms with Crippen LogP contribution in [0.25, 0.3) is 0 Å². The minimum atomic E-state index is -1.31. The zero-order valence-corrected chi connectivity index (χ0v) is 17.8. The van der Waals surface area contributed by atoms with Gasteiger partial charge in [0.25, 0.3) is 5.91 Å². The molecule has 0 aliphatic carbocycles. The summed E-state index contributed by atoms with van der Waals surface area (Å²) >= 11 is 3.34. The van der Waals surface area contributed by atoms with E-state index < -0.39 is 41.2 Å². The molecule has 2 aromatic carbocycles. The van der Waals surface area contributed by atoms with Crippen LogP contribution in [0, 0.1) is 11.8 Å². The molecule has 3 aliphatic heterocycles. The van der Waals surface area contributed by atoms with Gasteiger partial charge in [0.1, 0.15) is 17.9 Å². The van der Waals surface area contributed by atoms with Gasteiger partial charge in [-0.3, -0.25) is 14.4 Å². The van der Waals surface area contributed by atoms with Gasteiger partial charge in [0.15, 0.2) is 0 Å². The second-order valence-electron chi connectivity index (χ2n) is 8.10. The maximum absolute atomic E-state index is 13.6. The number of halogens is 1. The Morgan fingerprint density at radius 2 is 1.81 bits per heavy atom. The number of amides is 3. The lowest BCUT2D eigenvalue weighted by atomic mass is 9.76. The van der Waals surface area contributed by atoms with Crippen molar-refractivity contribution in [3.8, 4) is 0 Å². The van der Waals surface area contributed by atoms with Crippen molar-refractivity contribution < 1.29 is 29.6 Å². The summed E-state index contributed by atoms with van der Waals surface area (Å²) in [6, 6.07) is 13.4. The van der Waals surface area contributed by atoms with Gasteiger partial charge in [-0.15, -0.1) is 0 Å². The summed E-state index contributed by atoms with van der Waals surface area (Å²) in [5.74, 6) is -4.20. The topological polar surface area (TPSA) is 123 Å². The molecule has 3 N–H and O–H groups in total. The second kappa shape index (κ2) is 7.00. The zero-order valence-electron chi connectivity index (χ0n) is 16.2. The first kappa shape index (κ1) is 19.9. The number of benzene rings is 2. The van der Waals surface area contributed by atoms with Crippen LogP contribution in [0.4, 0.5) is 11.4 Å². The summed E-state index contributed by atoms with van der Waals surface area (Å²) in [5, 5.41) is 15.7. The van der Waals surface area contributed by atoms with Crippen LogP contribution in [0.1, 0.15) is 18.4 Å². The summed E-state index contributed by atoms with van der Waals surface area (Å²) in [6.45, 7) is 0. The van der Waals surface area contributed by atoms with Crippen molar-refractivity contribution in [2.45, 2.75) is 24.4 Å². The highest BCUT2D eigenvalue weighted by Crippen LogP contribution is 2.50. The molecule has 1 spiro atoms. The Morgan fingerprint density at radius 1 is 1.10 bits per heavy atom. The third-order valence-electron chi connectivity index (χ3n) is 6.54. The van der Waals surface area contributed by atoms with Crippen molar-refractivity contribution in [1.82, 2.24) is 0 Å². The van der Waals surface area contributed by atoms with Crippen LogP contribution in [0.5, 0.6) is 0 Å². The number of nitrogens with zero attached hydrogens (tertiary/aromatic N) is 1. The van der Waals surface area contributed by atoms with Gasteiger partial charge in [-0.05, 0) is 36.8 Å².